The van der Waals surface area contributed by atoms with Gasteiger partial charge in [0.25, 0.3) is 0 Å². The smallest absolute Gasteiger partial charge is 0.338 e. The van der Waals surface area contributed by atoms with E-state index in [0.717, 1.165) is 0 Å². The van der Waals surface area contributed by atoms with Gasteiger partial charge in [-0.1, -0.05) is 0 Å². The van der Waals surface area contributed by atoms with E-state index in [1.165, 1.54) is 0 Å². The monoisotopic (exact) mass is 331 g/mol. The Kier molecular flexibility index (Phi) is 5.10. The molecule has 1 aromatic carbocycles. The zero-order valence-corrected chi connectivity index (χ0v) is 14.2. The molecule has 7 nitrogen and oxygen atoms in total. The summed E-state index contributed by atoms with van der Waals surface area (Å²) in [4.78, 5) is 15.6. The number of rotatable bonds is 3. The molecule has 2 atom stereocenters. The summed E-state index contributed by atoms with van der Waals surface area (Å²) < 4.78 is 10.9. The molecule has 128 valence electrons. The fourth-order valence-corrected chi connectivity index (χ4v) is 2.63. The van der Waals surface area contributed by atoms with Gasteiger partial charge in [0.1, 0.15) is 23.3 Å². The van der Waals surface area contributed by atoms with Crippen molar-refractivity contribution in [3.05, 3.63) is 29.3 Å². The van der Waals surface area contributed by atoms with E-state index >= 15 is 0 Å². The zero-order valence-electron chi connectivity index (χ0n) is 14.2. The molecule has 0 unspecified atom stereocenters. The lowest BCUT2D eigenvalue weighted by Gasteiger charge is -2.42. The molecule has 1 aromatic rings. The molecule has 24 heavy (non-hydrogen) atoms. The maximum absolute atomic E-state index is 12.0. The lowest BCUT2D eigenvalue weighted by molar-refractivity contribution is -0.0610. The van der Waals surface area contributed by atoms with E-state index in [1.807, 2.05) is 0 Å². The third-order valence-corrected chi connectivity index (χ3v) is 3.84. The number of nitriles is 1. The Morgan fingerprint density at radius 3 is 2.88 bits per heavy atom. The van der Waals surface area contributed by atoms with Crippen LogP contribution in [0, 0.1) is 11.5 Å². The van der Waals surface area contributed by atoms with Crippen LogP contribution >= 0.6 is 0 Å². The predicted octanol–water partition coefficient (Wildman–Crippen LogP) is 1.93. The first-order valence-electron chi connectivity index (χ1n) is 7.68. The Bertz CT molecular complexity index is 706. The minimum absolute atomic E-state index is 0.275. The Hall–Kier alpha value is -2.59. The molecule has 0 saturated heterocycles. The van der Waals surface area contributed by atoms with Gasteiger partial charge in [0, 0.05) is 5.56 Å². The van der Waals surface area contributed by atoms with Crippen molar-refractivity contribution >= 4 is 11.8 Å². The van der Waals surface area contributed by atoms with Crippen LogP contribution in [-0.4, -0.2) is 35.2 Å². The molecule has 2 N–H and O–H groups in total. The van der Waals surface area contributed by atoms with E-state index in [2.05, 4.69) is 10.3 Å². The standard InChI is InChI=1S/C17H21N3O4/c1-5-23-16(22)11-6-7-13-12(8-11)14(20-10(2)19-9-18)15(21)17(3,4)24-13/h6-8,14-15,21H,5H2,1-4H3,(H,19,20)/t14-,15+/m0/s1. The Balaban J connectivity index is 2.47. The average Bonchev–Trinajstić information content (AvgIpc) is 2.51. The Morgan fingerprint density at radius 1 is 1.54 bits per heavy atom. The number of hydrogen-bond donors (Lipinski definition) is 2. The number of benzene rings is 1. The number of esters is 1. The summed E-state index contributed by atoms with van der Waals surface area (Å²) in [6, 6.07) is 4.36. The largest absolute Gasteiger partial charge is 0.485 e. The number of nitrogens with one attached hydrogen (secondary N) is 1. The summed E-state index contributed by atoms with van der Waals surface area (Å²) in [7, 11) is 0. The Labute approximate surface area is 140 Å². The van der Waals surface area contributed by atoms with Gasteiger partial charge >= 0.3 is 5.97 Å². The molecule has 0 amide bonds. The second-order valence-corrected chi connectivity index (χ2v) is 6.04. The number of aliphatic hydroxyl groups is 1. The topological polar surface area (TPSA) is 104 Å². The van der Waals surface area contributed by atoms with Gasteiger partial charge in [-0.3, -0.25) is 0 Å². The normalized spacial score (nSPS) is 21.9. The van der Waals surface area contributed by atoms with Crippen molar-refractivity contribution in [2.45, 2.75) is 45.4 Å². The van der Waals surface area contributed by atoms with Crippen molar-refractivity contribution in [3.8, 4) is 11.9 Å². The van der Waals surface area contributed by atoms with Crippen LogP contribution in [0.25, 0.3) is 0 Å². The van der Waals surface area contributed by atoms with E-state index in [-0.39, 0.29) is 6.61 Å². The first kappa shape index (κ1) is 17.8. The lowest BCUT2D eigenvalue weighted by atomic mass is 9.86. The summed E-state index contributed by atoms with van der Waals surface area (Å²) in [6.45, 7) is 7.18. The number of carbonyl (C=O) groups excluding carboxylic acids is 1. The molecule has 7 heteroatoms. The third kappa shape index (κ3) is 3.49. The van der Waals surface area contributed by atoms with Crippen molar-refractivity contribution in [2.24, 2.45) is 4.99 Å². The van der Waals surface area contributed by atoms with Crippen molar-refractivity contribution in [2.75, 3.05) is 6.61 Å². The molecule has 0 spiro atoms. The molecule has 2 rings (SSSR count). The van der Waals surface area contributed by atoms with Gasteiger partial charge < -0.3 is 19.9 Å². The number of aliphatic hydroxyl groups excluding tert-OH is 1. The predicted molar refractivity (Wildman–Crippen MR) is 87.7 cm³/mol. The van der Waals surface area contributed by atoms with Crippen LogP contribution in [0.3, 0.4) is 0 Å². The third-order valence-electron chi connectivity index (χ3n) is 3.84. The highest BCUT2D eigenvalue weighted by Crippen LogP contribution is 2.40. The maximum Gasteiger partial charge on any atom is 0.338 e. The molecule has 0 saturated carbocycles. The van der Waals surface area contributed by atoms with E-state index in [4.69, 9.17) is 14.7 Å². The highest BCUT2D eigenvalue weighted by molar-refractivity contribution is 5.90. The number of aliphatic imine (C=N–C) groups is 1. The van der Waals surface area contributed by atoms with Gasteiger partial charge in [0.05, 0.1) is 18.2 Å². The molecule has 0 aliphatic carbocycles. The van der Waals surface area contributed by atoms with Crippen LogP contribution in [-0.2, 0) is 4.74 Å². The van der Waals surface area contributed by atoms with Crippen LogP contribution in [0.1, 0.15) is 49.7 Å². The first-order valence-corrected chi connectivity index (χ1v) is 7.68. The molecule has 0 radical (unpaired) electrons. The van der Waals surface area contributed by atoms with Gasteiger partial charge in [0.15, 0.2) is 0 Å². The zero-order chi connectivity index (χ0) is 17.9. The van der Waals surface area contributed by atoms with Gasteiger partial charge in [-0.2, -0.15) is 10.3 Å². The molecule has 0 aromatic heterocycles. The highest BCUT2D eigenvalue weighted by Gasteiger charge is 2.43. The van der Waals surface area contributed by atoms with Crippen molar-refractivity contribution < 1.29 is 19.4 Å². The highest BCUT2D eigenvalue weighted by atomic mass is 16.5. The second kappa shape index (κ2) is 6.89. The number of nitrogens with zero attached hydrogens (tertiary/aromatic N) is 2. The van der Waals surface area contributed by atoms with Crippen LogP contribution < -0.4 is 10.1 Å². The quantitative estimate of drug-likeness (QED) is 0.379. The summed E-state index contributed by atoms with van der Waals surface area (Å²) in [5.41, 5.74) is 0.135. The fraction of sp³-hybridized carbons (Fsp3) is 0.471. The van der Waals surface area contributed by atoms with E-state index in [0.29, 0.717) is 22.7 Å². The molecule has 0 fully saturated rings. The number of hydrogen-bond acceptors (Lipinski definition) is 6. The van der Waals surface area contributed by atoms with Crippen LogP contribution in [0.15, 0.2) is 23.2 Å². The van der Waals surface area contributed by atoms with Crippen molar-refractivity contribution in [3.63, 3.8) is 0 Å². The minimum atomic E-state index is -0.911. The number of amidine groups is 1. The number of fused-ring (bicyclic) bond motifs is 1. The summed E-state index contributed by atoms with van der Waals surface area (Å²) in [5.74, 6) is 0.480. The second-order valence-electron chi connectivity index (χ2n) is 6.04. The first-order chi connectivity index (χ1) is 11.3. The van der Waals surface area contributed by atoms with Gasteiger partial charge in [-0.15, -0.1) is 0 Å². The number of carbonyl (C=O) groups is 1. The SMILES string of the molecule is CCOC(=O)c1ccc2c(c1)[C@H](N/C(C)=N/C#N)[C@@H](O)C(C)(C)O2. The molecule has 1 aliphatic heterocycles. The van der Waals surface area contributed by atoms with Crippen LogP contribution in [0.4, 0.5) is 0 Å². The van der Waals surface area contributed by atoms with Crippen molar-refractivity contribution in [1.82, 2.24) is 5.32 Å². The van der Waals surface area contributed by atoms with Gasteiger partial charge in [-0.25, -0.2) is 4.79 Å². The molecule has 1 aliphatic rings. The minimum Gasteiger partial charge on any atom is -0.485 e. The van der Waals surface area contributed by atoms with Gasteiger partial charge in [0.2, 0.25) is 6.19 Å². The summed E-state index contributed by atoms with van der Waals surface area (Å²) >= 11 is 0. The molecule has 1 heterocycles. The van der Waals surface area contributed by atoms with Crippen LogP contribution in [0.5, 0.6) is 5.75 Å². The van der Waals surface area contributed by atoms with Gasteiger partial charge in [-0.05, 0) is 45.9 Å². The fourth-order valence-electron chi connectivity index (χ4n) is 2.63. The number of ether oxygens (including phenoxy) is 2. The van der Waals surface area contributed by atoms with E-state index in [9.17, 15) is 9.90 Å². The Morgan fingerprint density at radius 2 is 2.25 bits per heavy atom. The molecular formula is C17H21N3O4. The lowest BCUT2D eigenvalue weighted by Crippen LogP contribution is -2.53. The van der Waals surface area contributed by atoms with E-state index in [1.54, 1.807) is 52.1 Å². The maximum atomic E-state index is 12.0. The average molecular weight is 331 g/mol. The summed E-state index contributed by atoms with van der Waals surface area (Å²) in [5, 5.41) is 22.4. The summed E-state index contributed by atoms with van der Waals surface area (Å²) in [6.07, 6.45) is 0.791. The molecular weight excluding hydrogens is 310 g/mol. The van der Waals surface area contributed by atoms with Crippen molar-refractivity contribution in [1.29, 1.82) is 5.26 Å². The molecule has 0 bridgehead atoms. The van der Waals surface area contributed by atoms with E-state index < -0.39 is 23.7 Å². The van der Waals surface area contributed by atoms with Crippen LogP contribution in [0.2, 0.25) is 0 Å².